The van der Waals surface area contributed by atoms with E-state index in [-0.39, 0.29) is 12.4 Å². The SMILES string of the molecule is Cl.N=C(N)N(C(N)=O)c1ccccc1. The lowest BCUT2D eigenvalue weighted by atomic mass is 10.3. The molecule has 0 heterocycles. The number of carbonyl (C=O) groups excluding carboxylic acids is 1. The number of anilines is 1. The summed E-state index contributed by atoms with van der Waals surface area (Å²) in [4.78, 5) is 11.8. The summed E-state index contributed by atoms with van der Waals surface area (Å²) in [6.07, 6.45) is 0. The first-order chi connectivity index (χ1) is 6.13. The van der Waals surface area contributed by atoms with Crippen LogP contribution >= 0.6 is 12.4 Å². The first kappa shape index (κ1) is 12.2. The summed E-state index contributed by atoms with van der Waals surface area (Å²) in [5.41, 5.74) is 10.7. The molecule has 0 fully saturated rings. The summed E-state index contributed by atoms with van der Waals surface area (Å²) in [6.45, 7) is 0. The number of benzene rings is 1. The number of hydrogen-bond acceptors (Lipinski definition) is 2. The molecule has 1 aromatic rings. The zero-order valence-electron chi connectivity index (χ0n) is 7.31. The second-order valence-corrected chi connectivity index (χ2v) is 2.39. The van der Waals surface area contributed by atoms with E-state index in [1.165, 1.54) is 0 Å². The van der Waals surface area contributed by atoms with Gasteiger partial charge >= 0.3 is 6.03 Å². The number of halogens is 1. The summed E-state index contributed by atoms with van der Waals surface area (Å²) >= 11 is 0. The number of guanidine groups is 1. The molecule has 0 spiro atoms. The Morgan fingerprint density at radius 3 is 2.07 bits per heavy atom. The number of amides is 2. The van der Waals surface area contributed by atoms with Gasteiger partial charge in [0.15, 0.2) is 0 Å². The molecule has 1 aromatic carbocycles. The number of primary amides is 1. The topological polar surface area (TPSA) is 96.2 Å². The van der Waals surface area contributed by atoms with Gasteiger partial charge < -0.3 is 11.5 Å². The monoisotopic (exact) mass is 214 g/mol. The van der Waals surface area contributed by atoms with E-state index in [0.29, 0.717) is 5.69 Å². The van der Waals surface area contributed by atoms with E-state index < -0.39 is 12.0 Å². The van der Waals surface area contributed by atoms with Crippen molar-refractivity contribution in [3.05, 3.63) is 30.3 Å². The van der Waals surface area contributed by atoms with Crippen LogP contribution in [0.5, 0.6) is 0 Å². The van der Waals surface area contributed by atoms with E-state index in [9.17, 15) is 4.79 Å². The Bertz CT molecular complexity index is 313. The molecule has 0 bridgehead atoms. The highest BCUT2D eigenvalue weighted by Crippen LogP contribution is 2.11. The average molecular weight is 215 g/mol. The third kappa shape index (κ3) is 2.63. The van der Waals surface area contributed by atoms with Crippen LogP contribution < -0.4 is 16.4 Å². The maximum Gasteiger partial charge on any atom is 0.326 e. The molecule has 1 rings (SSSR count). The number of para-hydroxylation sites is 1. The molecule has 2 amide bonds. The van der Waals surface area contributed by atoms with Gasteiger partial charge in [-0.3, -0.25) is 5.41 Å². The van der Waals surface area contributed by atoms with Crippen LogP contribution in [0.25, 0.3) is 0 Å². The van der Waals surface area contributed by atoms with Crippen LogP contribution in [0, 0.1) is 5.41 Å². The van der Waals surface area contributed by atoms with Crippen molar-refractivity contribution in [1.82, 2.24) is 0 Å². The lowest BCUT2D eigenvalue weighted by Crippen LogP contribution is -2.44. The van der Waals surface area contributed by atoms with E-state index in [0.717, 1.165) is 4.90 Å². The number of urea groups is 1. The van der Waals surface area contributed by atoms with Gasteiger partial charge in [-0.25, -0.2) is 9.69 Å². The van der Waals surface area contributed by atoms with Gasteiger partial charge in [-0.1, -0.05) is 18.2 Å². The molecule has 76 valence electrons. The van der Waals surface area contributed by atoms with E-state index in [1.54, 1.807) is 30.3 Å². The Balaban J connectivity index is 0.00000169. The van der Waals surface area contributed by atoms with E-state index in [2.05, 4.69) is 0 Å². The molecule has 6 heteroatoms. The Morgan fingerprint density at radius 2 is 1.71 bits per heavy atom. The summed E-state index contributed by atoms with van der Waals surface area (Å²) in [5.74, 6) is -0.390. The lowest BCUT2D eigenvalue weighted by Gasteiger charge is -2.17. The normalized spacial score (nSPS) is 8.57. The molecule has 0 saturated heterocycles. The van der Waals surface area contributed by atoms with E-state index in [1.807, 2.05) is 0 Å². The number of carbonyl (C=O) groups is 1. The van der Waals surface area contributed by atoms with Gasteiger partial charge in [-0.15, -0.1) is 12.4 Å². The molecule has 0 unspecified atom stereocenters. The Labute approximate surface area is 87.6 Å². The molecule has 14 heavy (non-hydrogen) atoms. The van der Waals surface area contributed by atoms with Gasteiger partial charge in [0.25, 0.3) is 0 Å². The van der Waals surface area contributed by atoms with Crippen LogP contribution in [-0.4, -0.2) is 12.0 Å². The first-order valence-electron chi connectivity index (χ1n) is 3.61. The van der Waals surface area contributed by atoms with Crippen LogP contribution in [0.4, 0.5) is 10.5 Å². The summed E-state index contributed by atoms with van der Waals surface area (Å²) in [7, 11) is 0. The zero-order chi connectivity index (χ0) is 9.84. The molecular weight excluding hydrogens is 204 g/mol. The van der Waals surface area contributed by atoms with Crippen molar-refractivity contribution in [3.63, 3.8) is 0 Å². The molecule has 0 aliphatic carbocycles. The van der Waals surface area contributed by atoms with Crippen molar-refractivity contribution in [1.29, 1.82) is 5.41 Å². The maximum atomic E-state index is 10.9. The fourth-order valence-electron chi connectivity index (χ4n) is 0.962. The average Bonchev–Trinajstić information content (AvgIpc) is 2.04. The highest BCUT2D eigenvalue weighted by Gasteiger charge is 2.13. The number of nitrogens with zero attached hydrogens (tertiary/aromatic N) is 1. The zero-order valence-corrected chi connectivity index (χ0v) is 8.12. The van der Waals surface area contributed by atoms with Crippen molar-refractivity contribution in [2.24, 2.45) is 11.5 Å². The van der Waals surface area contributed by atoms with Gasteiger partial charge in [-0.05, 0) is 12.1 Å². The van der Waals surface area contributed by atoms with Gasteiger partial charge in [-0.2, -0.15) is 0 Å². The largest absolute Gasteiger partial charge is 0.369 e. The van der Waals surface area contributed by atoms with Gasteiger partial charge in [0, 0.05) is 0 Å². The second kappa shape index (κ2) is 5.08. The minimum atomic E-state index is -0.765. The Kier molecular flexibility index (Phi) is 4.45. The molecule has 0 atom stereocenters. The molecule has 0 saturated carbocycles. The first-order valence-corrected chi connectivity index (χ1v) is 3.61. The quantitative estimate of drug-likeness (QED) is 0.478. The number of hydrogen-bond donors (Lipinski definition) is 3. The Hall–Kier alpha value is -1.75. The fraction of sp³-hybridized carbons (Fsp3) is 0. The number of nitrogens with two attached hydrogens (primary N) is 2. The fourth-order valence-corrected chi connectivity index (χ4v) is 0.962. The third-order valence-corrected chi connectivity index (χ3v) is 1.48. The van der Waals surface area contributed by atoms with E-state index >= 15 is 0 Å². The van der Waals surface area contributed by atoms with Crippen molar-refractivity contribution in [2.75, 3.05) is 4.90 Å². The summed E-state index contributed by atoms with van der Waals surface area (Å²) in [5, 5.41) is 7.12. The van der Waals surface area contributed by atoms with Crippen molar-refractivity contribution >= 4 is 30.1 Å². The molecule has 5 nitrogen and oxygen atoms in total. The van der Waals surface area contributed by atoms with E-state index in [4.69, 9.17) is 16.9 Å². The molecule has 5 N–H and O–H groups in total. The number of nitrogens with one attached hydrogen (secondary N) is 1. The molecule has 0 aliphatic heterocycles. The van der Waals surface area contributed by atoms with Crippen molar-refractivity contribution in [3.8, 4) is 0 Å². The standard InChI is InChI=1S/C8H10N4O.ClH/c9-7(10)12(8(11)13)6-4-2-1-3-5-6;/h1-5H,(H3,9,10)(H2,11,13);1H. The van der Waals surface area contributed by atoms with Crippen LogP contribution in [-0.2, 0) is 0 Å². The maximum absolute atomic E-state index is 10.9. The minimum Gasteiger partial charge on any atom is -0.369 e. The predicted octanol–water partition coefficient (Wildman–Crippen LogP) is 0.887. The number of rotatable bonds is 1. The minimum absolute atomic E-state index is 0. The van der Waals surface area contributed by atoms with Crippen LogP contribution in [0.1, 0.15) is 0 Å². The highest BCUT2D eigenvalue weighted by molar-refractivity contribution is 6.13. The lowest BCUT2D eigenvalue weighted by molar-refractivity contribution is 0.256. The van der Waals surface area contributed by atoms with Crippen LogP contribution in [0.15, 0.2) is 30.3 Å². The molecule has 0 radical (unpaired) electrons. The van der Waals surface area contributed by atoms with Gasteiger partial charge in [0.05, 0.1) is 5.69 Å². The van der Waals surface area contributed by atoms with Crippen LogP contribution in [0.3, 0.4) is 0 Å². The highest BCUT2D eigenvalue weighted by atomic mass is 35.5. The molecule has 0 aliphatic rings. The second-order valence-electron chi connectivity index (χ2n) is 2.39. The van der Waals surface area contributed by atoms with Crippen molar-refractivity contribution in [2.45, 2.75) is 0 Å². The predicted molar refractivity (Wildman–Crippen MR) is 57.7 cm³/mol. The Morgan fingerprint density at radius 1 is 1.21 bits per heavy atom. The van der Waals surface area contributed by atoms with Crippen molar-refractivity contribution < 1.29 is 4.79 Å². The van der Waals surface area contributed by atoms with Crippen LogP contribution in [0.2, 0.25) is 0 Å². The summed E-state index contributed by atoms with van der Waals surface area (Å²) in [6, 6.07) is 7.78. The summed E-state index contributed by atoms with van der Waals surface area (Å²) < 4.78 is 0. The molecular formula is C8H11ClN4O. The smallest absolute Gasteiger partial charge is 0.326 e. The van der Waals surface area contributed by atoms with Gasteiger partial charge in [0.2, 0.25) is 5.96 Å². The van der Waals surface area contributed by atoms with Gasteiger partial charge in [0.1, 0.15) is 0 Å². The molecule has 0 aromatic heterocycles. The third-order valence-electron chi connectivity index (χ3n) is 1.48.